The molecule has 0 aliphatic carbocycles. The molecule has 5 nitrogen and oxygen atoms in total. The fourth-order valence-electron chi connectivity index (χ4n) is 0.697. The number of nitrogens with zero attached hydrogens (tertiary/aromatic N) is 2. The number of aromatic amines is 2. The molecule has 0 saturated carbocycles. The van der Waals surface area contributed by atoms with Crippen molar-refractivity contribution < 1.29 is 5.11 Å². The lowest BCUT2D eigenvalue weighted by atomic mass is 10.5. The molecule has 70 valence electrons. The van der Waals surface area contributed by atoms with Crippen LogP contribution >= 0.6 is 0 Å². The highest BCUT2D eigenvalue weighted by molar-refractivity contribution is 4.90. The molecule has 2 heterocycles. The van der Waals surface area contributed by atoms with Gasteiger partial charge in [0.15, 0.2) is 0 Å². The third kappa shape index (κ3) is 3.53. The van der Waals surface area contributed by atoms with Gasteiger partial charge in [-0.3, -0.25) is 0 Å². The average molecular weight is 180 g/mol. The van der Waals surface area contributed by atoms with Crippen molar-refractivity contribution in [1.82, 2.24) is 19.9 Å². The van der Waals surface area contributed by atoms with Crippen LogP contribution in [0.3, 0.4) is 0 Å². The molecule has 0 atom stereocenters. The summed E-state index contributed by atoms with van der Waals surface area (Å²) in [4.78, 5) is 13.1. The van der Waals surface area contributed by atoms with E-state index in [0.29, 0.717) is 0 Å². The molecule has 0 fully saturated rings. The second kappa shape index (κ2) is 5.10. The molecule has 13 heavy (non-hydrogen) atoms. The number of nitrogens with one attached hydrogen (secondary N) is 2. The number of aryl methyl sites for hydroxylation is 1. The van der Waals surface area contributed by atoms with Gasteiger partial charge in [0, 0.05) is 11.9 Å². The molecule has 2 aromatic heterocycles. The smallest absolute Gasteiger partial charge is 0.0922 e. The number of rotatable bonds is 1. The normalized spacial score (nSPS) is 9.08. The molecule has 2 rings (SSSR count). The van der Waals surface area contributed by atoms with Gasteiger partial charge in [0.2, 0.25) is 0 Å². The minimum absolute atomic E-state index is 0.0417. The van der Waals surface area contributed by atoms with Gasteiger partial charge in [-0.25, -0.2) is 9.97 Å². The number of imidazole rings is 2. The van der Waals surface area contributed by atoms with Crippen LogP contribution in [0.1, 0.15) is 11.4 Å². The molecule has 3 N–H and O–H groups in total. The summed E-state index contributed by atoms with van der Waals surface area (Å²) in [7, 11) is 0. The van der Waals surface area contributed by atoms with Crippen molar-refractivity contribution in [3.63, 3.8) is 0 Å². The Morgan fingerprint density at radius 1 is 1.23 bits per heavy atom. The highest BCUT2D eigenvalue weighted by Crippen LogP contribution is 1.86. The maximum Gasteiger partial charge on any atom is 0.0922 e. The van der Waals surface area contributed by atoms with Crippen LogP contribution in [0.5, 0.6) is 0 Å². The van der Waals surface area contributed by atoms with Gasteiger partial charge in [-0.2, -0.15) is 0 Å². The predicted octanol–water partition coefficient (Wildman–Crippen LogP) is 0.620. The van der Waals surface area contributed by atoms with Crippen LogP contribution in [-0.4, -0.2) is 25.0 Å². The summed E-state index contributed by atoms with van der Waals surface area (Å²) < 4.78 is 0. The zero-order valence-corrected chi connectivity index (χ0v) is 7.36. The Kier molecular flexibility index (Phi) is 3.72. The van der Waals surface area contributed by atoms with Crippen molar-refractivity contribution in [3.8, 4) is 0 Å². The van der Waals surface area contributed by atoms with E-state index in [9.17, 15) is 0 Å². The number of aromatic nitrogens is 4. The Morgan fingerprint density at radius 2 is 1.92 bits per heavy atom. The Morgan fingerprint density at radius 3 is 2.15 bits per heavy atom. The predicted molar refractivity (Wildman–Crippen MR) is 47.8 cm³/mol. The van der Waals surface area contributed by atoms with Gasteiger partial charge in [0.05, 0.1) is 31.2 Å². The van der Waals surface area contributed by atoms with E-state index < -0.39 is 0 Å². The van der Waals surface area contributed by atoms with E-state index in [1.54, 1.807) is 18.7 Å². The maximum absolute atomic E-state index is 8.36. The summed E-state index contributed by atoms with van der Waals surface area (Å²) in [5.41, 5.74) is 1.86. The average Bonchev–Trinajstić information content (AvgIpc) is 2.76. The van der Waals surface area contributed by atoms with E-state index in [-0.39, 0.29) is 6.61 Å². The van der Waals surface area contributed by atoms with Crippen LogP contribution in [0.4, 0.5) is 0 Å². The lowest BCUT2D eigenvalue weighted by Gasteiger charge is -1.79. The number of H-pyrrole nitrogens is 2. The van der Waals surface area contributed by atoms with Crippen LogP contribution in [0.2, 0.25) is 0 Å². The summed E-state index contributed by atoms with van der Waals surface area (Å²) in [6.45, 7) is 2.01. The molecular weight excluding hydrogens is 168 g/mol. The SMILES string of the molecule is Cc1cnc[nH]1.OCc1cnc[nH]1. The van der Waals surface area contributed by atoms with Crippen molar-refractivity contribution in [2.24, 2.45) is 0 Å². The number of hydrogen-bond acceptors (Lipinski definition) is 3. The molecule has 0 amide bonds. The molecular formula is C8H12N4O. The van der Waals surface area contributed by atoms with Crippen molar-refractivity contribution in [2.45, 2.75) is 13.5 Å². The Bertz CT molecular complexity index is 301. The fraction of sp³-hybridized carbons (Fsp3) is 0.250. The first-order valence-electron chi connectivity index (χ1n) is 3.86. The number of aliphatic hydroxyl groups is 1. The fourth-order valence-corrected chi connectivity index (χ4v) is 0.697. The molecule has 0 saturated heterocycles. The topological polar surface area (TPSA) is 77.6 Å². The molecule has 0 bridgehead atoms. The highest BCUT2D eigenvalue weighted by atomic mass is 16.3. The molecule has 0 aromatic carbocycles. The van der Waals surface area contributed by atoms with Crippen LogP contribution in [0, 0.1) is 6.92 Å². The second-order valence-electron chi connectivity index (χ2n) is 2.47. The van der Waals surface area contributed by atoms with E-state index in [0.717, 1.165) is 11.4 Å². The quantitative estimate of drug-likeness (QED) is 0.602. The van der Waals surface area contributed by atoms with Gasteiger partial charge in [0.25, 0.3) is 0 Å². The molecule has 0 unspecified atom stereocenters. The third-order valence-corrected chi connectivity index (χ3v) is 1.36. The first-order chi connectivity index (χ1) is 6.33. The van der Waals surface area contributed by atoms with Gasteiger partial charge in [-0.15, -0.1) is 0 Å². The van der Waals surface area contributed by atoms with E-state index in [1.165, 1.54) is 6.33 Å². The van der Waals surface area contributed by atoms with E-state index >= 15 is 0 Å². The monoisotopic (exact) mass is 180 g/mol. The van der Waals surface area contributed by atoms with Gasteiger partial charge in [-0.1, -0.05) is 0 Å². The zero-order valence-electron chi connectivity index (χ0n) is 7.36. The molecule has 2 aromatic rings. The summed E-state index contributed by atoms with van der Waals surface area (Å²) >= 11 is 0. The molecule has 5 heteroatoms. The zero-order chi connectivity index (χ0) is 9.52. The minimum atomic E-state index is 0.0417. The molecule has 0 aliphatic heterocycles. The lowest BCUT2D eigenvalue weighted by Crippen LogP contribution is -1.77. The molecule has 0 spiro atoms. The van der Waals surface area contributed by atoms with Crippen molar-refractivity contribution in [1.29, 1.82) is 0 Å². The third-order valence-electron chi connectivity index (χ3n) is 1.36. The highest BCUT2D eigenvalue weighted by Gasteiger charge is 1.83. The minimum Gasteiger partial charge on any atom is -0.390 e. The van der Waals surface area contributed by atoms with Gasteiger partial charge < -0.3 is 15.1 Å². The van der Waals surface area contributed by atoms with Crippen LogP contribution < -0.4 is 0 Å². The second-order valence-corrected chi connectivity index (χ2v) is 2.47. The van der Waals surface area contributed by atoms with Gasteiger partial charge in [0.1, 0.15) is 0 Å². The largest absolute Gasteiger partial charge is 0.390 e. The maximum atomic E-state index is 8.36. The van der Waals surface area contributed by atoms with Crippen LogP contribution in [0.15, 0.2) is 25.0 Å². The number of hydrogen-bond donors (Lipinski definition) is 3. The first kappa shape index (κ1) is 9.47. The first-order valence-corrected chi connectivity index (χ1v) is 3.86. The van der Waals surface area contributed by atoms with E-state index in [1.807, 2.05) is 6.92 Å². The summed E-state index contributed by atoms with van der Waals surface area (Å²) in [6, 6.07) is 0. The summed E-state index contributed by atoms with van der Waals surface area (Å²) in [6.07, 6.45) is 6.56. The van der Waals surface area contributed by atoms with Crippen LogP contribution in [0.25, 0.3) is 0 Å². The Labute approximate surface area is 75.9 Å². The van der Waals surface area contributed by atoms with Crippen LogP contribution in [-0.2, 0) is 6.61 Å². The number of aliphatic hydroxyl groups excluding tert-OH is 1. The molecule has 0 radical (unpaired) electrons. The Balaban J connectivity index is 0.000000132. The standard InChI is InChI=1S/C4H6N2O.C4H6N2/c7-2-4-1-5-3-6-4;1-4-2-5-3-6-4/h1,3,7H,2H2,(H,5,6);2-3H,1H3,(H,5,6). The molecule has 0 aliphatic rings. The Hall–Kier alpha value is -1.62. The van der Waals surface area contributed by atoms with E-state index in [4.69, 9.17) is 5.11 Å². The van der Waals surface area contributed by atoms with Crippen molar-refractivity contribution in [3.05, 3.63) is 36.4 Å². The van der Waals surface area contributed by atoms with E-state index in [2.05, 4.69) is 19.9 Å². The summed E-state index contributed by atoms with van der Waals surface area (Å²) in [5, 5.41) is 8.36. The van der Waals surface area contributed by atoms with Gasteiger partial charge >= 0.3 is 0 Å². The summed E-state index contributed by atoms with van der Waals surface area (Å²) in [5.74, 6) is 0. The van der Waals surface area contributed by atoms with Crippen molar-refractivity contribution in [2.75, 3.05) is 0 Å². The van der Waals surface area contributed by atoms with Gasteiger partial charge in [-0.05, 0) is 6.92 Å². The van der Waals surface area contributed by atoms with Crippen molar-refractivity contribution >= 4 is 0 Å². The lowest BCUT2D eigenvalue weighted by molar-refractivity contribution is 0.277.